The first-order valence-electron chi connectivity index (χ1n) is 7.34. The fourth-order valence-electron chi connectivity index (χ4n) is 2.22. The molecule has 134 valence electrons. The highest BCUT2D eigenvalue weighted by Crippen LogP contribution is 2.27. The number of aromatic nitrogens is 1. The fraction of sp³-hybridized carbons (Fsp3) is 0.0588. The number of anilines is 1. The van der Waals surface area contributed by atoms with Gasteiger partial charge in [0.1, 0.15) is 0 Å². The summed E-state index contributed by atoms with van der Waals surface area (Å²) < 4.78 is 54.1. The Balaban J connectivity index is 1.87. The lowest BCUT2D eigenvalue weighted by Crippen LogP contribution is -2.18. The van der Waals surface area contributed by atoms with Gasteiger partial charge in [-0.1, -0.05) is 47.6 Å². The molecule has 26 heavy (non-hydrogen) atoms. The Bertz CT molecular complexity index is 1030. The van der Waals surface area contributed by atoms with Crippen molar-refractivity contribution in [2.45, 2.75) is 10.7 Å². The number of para-hydroxylation sites is 1. The Morgan fingerprint density at radius 3 is 2.38 bits per heavy atom. The predicted octanol–water partition coefficient (Wildman–Crippen LogP) is 3.59. The summed E-state index contributed by atoms with van der Waals surface area (Å²) >= 11 is 0. The number of amides is 1. The minimum atomic E-state index is -4.87. The van der Waals surface area contributed by atoms with E-state index in [1.54, 1.807) is 24.3 Å². The number of alkyl halides is 2. The number of rotatable bonds is 5. The van der Waals surface area contributed by atoms with Crippen LogP contribution in [0.25, 0.3) is 11.3 Å². The summed E-state index contributed by atoms with van der Waals surface area (Å²) in [5.41, 5.74) is 0.315. The normalized spacial score (nSPS) is 11.5. The molecule has 6 nitrogen and oxygen atoms in total. The first-order chi connectivity index (χ1) is 12.4. The molecule has 1 N–H and O–H groups in total. The molecule has 0 bridgehead atoms. The van der Waals surface area contributed by atoms with Crippen molar-refractivity contribution >= 4 is 21.4 Å². The number of hydrogen-bond acceptors (Lipinski definition) is 5. The molecule has 0 aliphatic rings. The Kier molecular flexibility index (Phi) is 4.81. The number of carbonyl (C=O) groups excluding carboxylic acids is 1. The Labute approximate surface area is 147 Å². The first-order valence-corrected chi connectivity index (χ1v) is 8.89. The van der Waals surface area contributed by atoms with Crippen molar-refractivity contribution in [3.8, 4) is 11.3 Å². The molecule has 1 heterocycles. The Morgan fingerprint density at radius 2 is 1.69 bits per heavy atom. The smallest absolute Gasteiger partial charge is 0.341 e. The van der Waals surface area contributed by atoms with Crippen molar-refractivity contribution < 1.29 is 26.5 Å². The van der Waals surface area contributed by atoms with Gasteiger partial charge >= 0.3 is 5.76 Å². The van der Waals surface area contributed by atoms with Gasteiger partial charge in [0.25, 0.3) is 5.91 Å². The van der Waals surface area contributed by atoms with E-state index in [1.807, 2.05) is 6.07 Å². The molecule has 0 atom stereocenters. The molecule has 0 radical (unpaired) electrons. The summed E-state index contributed by atoms with van der Waals surface area (Å²) in [6, 6.07) is 15.2. The molecule has 0 fully saturated rings. The molecule has 0 aliphatic heterocycles. The van der Waals surface area contributed by atoms with Gasteiger partial charge in [-0.05, 0) is 12.1 Å². The van der Waals surface area contributed by atoms with Crippen molar-refractivity contribution in [2.24, 2.45) is 0 Å². The Morgan fingerprint density at radius 1 is 1.04 bits per heavy atom. The lowest BCUT2D eigenvalue weighted by Gasteiger charge is -2.10. The number of sulfone groups is 1. The standard InChI is InChI=1S/C17H12F2N2O4S/c18-17(19)26(23,24)15-9-5-4-8-12(15)20-16(22)13-10-14(25-21-13)11-6-2-1-3-7-11/h1-10,17H,(H,20,22). The largest absolute Gasteiger partial charge is 0.355 e. The number of carbonyl (C=O) groups is 1. The number of hydrogen-bond donors (Lipinski definition) is 1. The molecule has 0 saturated carbocycles. The molecule has 0 aliphatic carbocycles. The average molecular weight is 378 g/mol. The minimum Gasteiger partial charge on any atom is -0.355 e. The third-order valence-electron chi connectivity index (χ3n) is 3.48. The summed E-state index contributed by atoms with van der Waals surface area (Å²) in [6.07, 6.45) is 0. The van der Waals surface area contributed by atoms with Crippen molar-refractivity contribution in [1.82, 2.24) is 5.16 Å². The number of benzene rings is 2. The molecule has 9 heteroatoms. The van der Waals surface area contributed by atoms with Gasteiger partial charge in [0, 0.05) is 11.6 Å². The van der Waals surface area contributed by atoms with Crippen LogP contribution in [0.1, 0.15) is 10.5 Å². The van der Waals surface area contributed by atoms with Gasteiger partial charge in [0.15, 0.2) is 11.5 Å². The van der Waals surface area contributed by atoms with Crippen LogP contribution in [0.3, 0.4) is 0 Å². The number of halogens is 2. The van der Waals surface area contributed by atoms with Gasteiger partial charge in [-0.15, -0.1) is 0 Å². The third-order valence-corrected chi connectivity index (χ3v) is 4.92. The molecule has 1 aromatic heterocycles. The van der Waals surface area contributed by atoms with Gasteiger partial charge in [-0.25, -0.2) is 8.42 Å². The topological polar surface area (TPSA) is 89.3 Å². The summed E-state index contributed by atoms with van der Waals surface area (Å²) in [5.74, 6) is -4.05. The lowest BCUT2D eigenvalue weighted by molar-refractivity contribution is 0.101. The van der Waals surface area contributed by atoms with Crippen LogP contribution >= 0.6 is 0 Å². The maximum Gasteiger partial charge on any atom is 0.341 e. The summed E-state index contributed by atoms with van der Waals surface area (Å²) in [7, 11) is -4.87. The molecule has 1 amide bonds. The second kappa shape index (κ2) is 7.04. The van der Waals surface area contributed by atoms with Crippen LogP contribution in [-0.4, -0.2) is 25.2 Å². The van der Waals surface area contributed by atoms with E-state index < -0.39 is 26.4 Å². The van der Waals surface area contributed by atoms with E-state index in [0.29, 0.717) is 11.3 Å². The van der Waals surface area contributed by atoms with Crippen molar-refractivity contribution in [1.29, 1.82) is 0 Å². The molecule has 2 aromatic carbocycles. The predicted molar refractivity (Wildman–Crippen MR) is 89.5 cm³/mol. The molecule has 0 unspecified atom stereocenters. The zero-order chi connectivity index (χ0) is 18.7. The average Bonchev–Trinajstić information content (AvgIpc) is 3.13. The summed E-state index contributed by atoms with van der Waals surface area (Å²) in [6.45, 7) is 0. The van der Waals surface area contributed by atoms with Crippen LogP contribution < -0.4 is 5.32 Å². The van der Waals surface area contributed by atoms with E-state index in [4.69, 9.17) is 4.52 Å². The zero-order valence-electron chi connectivity index (χ0n) is 13.1. The first kappa shape index (κ1) is 17.7. The van der Waals surface area contributed by atoms with Crippen LogP contribution in [-0.2, 0) is 9.84 Å². The third kappa shape index (κ3) is 3.47. The maximum atomic E-state index is 12.8. The van der Waals surface area contributed by atoms with Gasteiger partial charge < -0.3 is 9.84 Å². The van der Waals surface area contributed by atoms with Crippen molar-refractivity contribution in [3.05, 3.63) is 66.4 Å². The molecular weight excluding hydrogens is 366 g/mol. The summed E-state index contributed by atoms with van der Waals surface area (Å²) in [4.78, 5) is 11.6. The second-order valence-corrected chi connectivity index (χ2v) is 7.08. The highest BCUT2D eigenvalue weighted by Gasteiger charge is 2.29. The van der Waals surface area contributed by atoms with E-state index >= 15 is 0 Å². The van der Waals surface area contributed by atoms with Crippen LogP contribution in [0.2, 0.25) is 0 Å². The fourth-order valence-corrected chi connectivity index (χ4v) is 3.11. The van der Waals surface area contributed by atoms with Crippen LogP contribution in [0, 0.1) is 0 Å². The van der Waals surface area contributed by atoms with E-state index in [2.05, 4.69) is 10.5 Å². The van der Waals surface area contributed by atoms with Gasteiger partial charge in [-0.2, -0.15) is 8.78 Å². The lowest BCUT2D eigenvalue weighted by atomic mass is 10.1. The molecule has 0 spiro atoms. The van der Waals surface area contributed by atoms with E-state index in [1.165, 1.54) is 24.3 Å². The van der Waals surface area contributed by atoms with E-state index in [0.717, 1.165) is 6.07 Å². The van der Waals surface area contributed by atoms with Gasteiger partial charge in [-0.3, -0.25) is 4.79 Å². The molecular formula is C17H12F2N2O4S. The van der Waals surface area contributed by atoms with Gasteiger partial charge in [0.05, 0.1) is 10.6 Å². The molecule has 3 rings (SSSR count). The highest BCUT2D eigenvalue weighted by molar-refractivity contribution is 7.91. The van der Waals surface area contributed by atoms with E-state index in [-0.39, 0.29) is 11.4 Å². The second-order valence-electron chi connectivity index (χ2n) is 5.20. The van der Waals surface area contributed by atoms with Gasteiger partial charge in [0.2, 0.25) is 9.84 Å². The SMILES string of the molecule is O=C(Nc1ccccc1S(=O)(=O)C(F)F)c1cc(-c2ccccc2)on1. The Hall–Kier alpha value is -3.07. The number of nitrogens with one attached hydrogen (secondary N) is 1. The van der Waals surface area contributed by atoms with Crippen LogP contribution in [0.15, 0.2) is 70.1 Å². The summed E-state index contributed by atoms with van der Waals surface area (Å²) in [5, 5.41) is 5.91. The minimum absolute atomic E-state index is 0.117. The maximum absolute atomic E-state index is 12.8. The van der Waals surface area contributed by atoms with Crippen molar-refractivity contribution in [3.63, 3.8) is 0 Å². The van der Waals surface area contributed by atoms with Crippen molar-refractivity contribution in [2.75, 3.05) is 5.32 Å². The molecule has 0 saturated heterocycles. The van der Waals surface area contributed by atoms with E-state index in [9.17, 15) is 22.0 Å². The highest BCUT2D eigenvalue weighted by atomic mass is 32.2. The molecule has 3 aromatic rings. The number of nitrogens with zero attached hydrogens (tertiary/aromatic N) is 1. The zero-order valence-corrected chi connectivity index (χ0v) is 13.9. The van der Waals surface area contributed by atoms with Crippen LogP contribution in [0.5, 0.6) is 0 Å². The monoisotopic (exact) mass is 378 g/mol. The van der Waals surface area contributed by atoms with Crippen LogP contribution in [0.4, 0.5) is 14.5 Å². The quantitative estimate of drug-likeness (QED) is 0.733.